The minimum Gasteiger partial charge on any atom is -0.310 e. The van der Waals surface area contributed by atoms with Gasteiger partial charge in [0, 0.05) is 27.8 Å². The molecule has 10 aromatic rings. The van der Waals surface area contributed by atoms with Gasteiger partial charge in [-0.25, -0.2) is 0 Å². The summed E-state index contributed by atoms with van der Waals surface area (Å²) >= 11 is 0. The molecule has 0 heterocycles. The smallest absolute Gasteiger partial charge is 0.0726 e. The molecule has 4 aliphatic carbocycles. The van der Waals surface area contributed by atoms with Crippen LogP contribution in [-0.4, -0.2) is 0 Å². The van der Waals surface area contributed by atoms with Crippen molar-refractivity contribution in [3.05, 3.63) is 269 Å². The maximum absolute atomic E-state index is 2.58. The molecule has 1 spiro atoms. The Kier molecular flexibility index (Phi) is 8.08. The van der Waals surface area contributed by atoms with E-state index in [1.807, 2.05) is 0 Å². The molecular weight excluding hydrogens is 819 g/mol. The van der Waals surface area contributed by atoms with E-state index in [0.29, 0.717) is 0 Å². The van der Waals surface area contributed by atoms with Gasteiger partial charge in [-0.15, -0.1) is 0 Å². The van der Waals surface area contributed by atoms with Crippen LogP contribution in [0.4, 0.5) is 17.1 Å². The van der Waals surface area contributed by atoms with Crippen LogP contribution in [0.25, 0.3) is 66.8 Å². The van der Waals surface area contributed by atoms with Crippen molar-refractivity contribution in [2.24, 2.45) is 0 Å². The van der Waals surface area contributed by atoms with Crippen molar-refractivity contribution in [3.63, 3.8) is 0 Å². The van der Waals surface area contributed by atoms with Crippen molar-refractivity contribution < 1.29 is 0 Å². The standard InChI is InChI=1S/C67H49N/c1-65(2)54-28-12-8-23-48(54)50-37-35-45(40-60(50)65)68(46-36-38-51-49-24-9-13-29-55(49)66(3,4)61(51)41-46)62-34-18-33-59-64(62)53-26-11-15-31-57(53)67(59)56-30-14-10-25-52(56)63-47(27-17-32-58(63)67)44-22-16-21-43(39-44)42-19-6-5-7-20-42/h5-41H,1-4H3. The molecule has 0 aromatic heterocycles. The van der Waals surface area contributed by atoms with Crippen molar-refractivity contribution in [2.75, 3.05) is 4.90 Å². The van der Waals surface area contributed by atoms with Crippen LogP contribution in [0.2, 0.25) is 0 Å². The fraction of sp³-hybridized carbons (Fsp3) is 0.104. The topological polar surface area (TPSA) is 3.24 Å². The van der Waals surface area contributed by atoms with Gasteiger partial charge in [0.2, 0.25) is 0 Å². The van der Waals surface area contributed by atoms with E-state index in [1.165, 1.54) is 117 Å². The lowest BCUT2D eigenvalue weighted by molar-refractivity contribution is 0.660. The van der Waals surface area contributed by atoms with Crippen LogP contribution in [0.1, 0.15) is 72.2 Å². The van der Waals surface area contributed by atoms with Gasteiger partial charge in [-0.2, -0.15) is 0 Å². The third-order valence-corrected chi connectivity index (χ3v) is 16.3. The molecule has 0 aliphatic heterocycles. The van der Waals surface area contributed by atoms with Gasteiger partial charge in [0.05, 0.1) is 11.1 Å². The molecule has 0 bridgehead atoms. The van der Waals surface area contributed by atoms with E-state index in [1.54, 1.807) is 0 Å². The number of benzene rings is 10. The quantitative estimate of drug-likeness (QED) is 0.167. The van der Waals surface area contributed by atoms with E-state index < -0.39 is 5.41 Å². The summed E-state index contributed by atoms with van der Waals surface area (Å²) < 4.78 is 0. The zero-order valence-electron chi connectivity index (χ0n) is 38.8. The number of fused-ring (bicyclic) bond motifs is 16. The summed E-state index contributed by atoms with van der Waals surface area (Å²) in [6, 6.07) is 85.0. The average Bonchev–Trinajstić information content (AvgIpc) is 4.02. The molecule has 0 N–H and O–H groups in total. The van der Waals surface area contributed by atoms with Crippen molar-refractivity contribution in [2.45, 2.75) is 43.9 Å². The predicted molar refractivity (Wildman–Crippen MR) is 283 cm³/mol. The normalized spacial score (nSPS) is 16.5. The molecule has 10 aromatic carbocycles. The summed E-state index contributed by atoms with van der Waals surface area (Å²) in [6.45, 7) is 9.56. The number of nitrogens with zero attached hydrogens (tertiary/aromatic N) is 1. The minimum absolute atomic E-state index is 0.153. The van der Waals surface area contributed by atoms with E-state index in [9.17, 15) is 0 Å². The second-order valence-corrected chi connectivity index (χ2v) is 20.4. The Morgan fingerprint density at radius 3 is 1.28 bits per heavy atom. The van der Waals surface area contributed by atoms with E-state index in [2.05, 4.69) is 257 Å². The Bertz CT molecular complexity index is 3650. The molecule has 4 aliphatic rings. The van der Waals surface area contributed by atoms with E-state index >= 15 is 0 Å². The predicted octanol–water partition coefficient (Wildman–Crippen LogP) is 17.4. The Morgan fingerprint density at radius 2 is 0.676 bits per heavy atom. The molecule has 0 amide bonds. The summed E-state index contributed by atoms with van der Waals surface area (Å²) in [5.41, 5.74) is 29.0. The van der Waals surface area contributed by atoms with Crippen LogP contribution < -0.4 is 4.90 Å². The van der Waals surface area contributed by atoms with Gasteiger partial charge in [-0.1, -0.05) is 216 Å². The Morgan fingerprint density at radius 1 is 0.265 bits per heavy atom. The Balaban J connectivity index is 1.03. The fourth-order valence-corrected chi connectivity index (χ4v) is 13.2. The Labute approximate surface area is 399 Å². The first-order chi connectivity index (χ1) is 33.3. The van der Waals surface area contributed by atoms with Crippen molar-refractivity contribution in [1.82, 2.24) is 0 Å². The minimum atomic E-state index is -0.532. The van der Waals surface area contributed by atoms with E-state index in [-0.39, 0.29) is 10.8 Å². The fourth-order valence-electron chi connectivity index (χ4n) is 13.2. The third-order valence-electron chi connectivity index (χ3n) is 16.3. The molecule has 0 fully saturated rings. The summed E-state index contributed by atoms with van der Waals surface area (Å²) in [4.78, 5) is 2.58. The number of rotatable bonds is 5. The van der Waals surface area contributed by atoms with Crippen LogP contribution in [0.3, 0.4) is 0 Å². The molecule has 68 heavy (non-hydrogen) atoms. The highest BCUT2D eigenvalue weighted by atomic mass is 15.1. The van der Waals surface area contributed by atoms with Crippen LogP contribution in [0, 0.1) is 0 Å². The summed E-state index contributed by atoms with van der Waals surface area (Å²) in [7, 11) is 0. The highest BCUT2D eigenvalue weighted by Crippen LogP contribution is 2.66. The number of anilines is 3. The summed E-state index contributed by atoms with van der Waals surface area (Å²) in [5, 5.41) is 0. The molecule has 1 nitrogen and oxygen atoms in total. The first kappa shape index (κ1) is 39.2. The van der Waals surface area contributed by atoms with Gasteiger partial charge in [0.15, 0.2) is 0 Å². The first-order valence-corrected chi connectivity index (χ1v) is 24.2. The van der Waals surface area contributed by atoms with E-state index in [4.69, 9.17) is 0 Å². The van der Waals surface area contributed by atoms with Crippen molar-refractivity contribution >= 4 is 17.1 Å². The first-order valence-electron chi connectivity index (χ1n) is 24.2. The van der Waals surface area contributed by atoms with Gasteiger partial charge >= 0.3 is 0 Å². The van der Waals surface area contributed by atoms with Gasteiger partial charge in [0.1, 0.15) is 0 Å². The number of hydrogen-bond acceptors (Lipinski definition) is 1. The summed E-state index contributed by atoms with van der Waals surface area (Å²) in [6.07, 6.45) is 0. The van der Waals surface area contributed by atoms with Crippen LogP contribution in [0.15, 0.2) is 224 Å². The lowest BCUT2D eigenvalue weighted by atomic mass is 9.70. The molecule has 1 atom stereocenters. The van der Waals surface area contributed by atoms with Gasteiger partial charge in [0.25, 0.3) is 0 Å². The third kappa shape index (κ3) is 5.11. The molecular formula is C67H49N. The average molecular weight is 868 g/mol. The van der Waals surface area contributed by atoms with Gasteiger partial charge in [-0.05, 0) is 142 Å². The lowest BCUT2D eigenvalue weighted by Gasteiger charge is -2.33. The van der Waals surface area contributed by atoms with Crippen LogP contribution >= 0.6 is 0 Å². The highest BCUT2D eigenvalue weighted by molar-refractivity contribution is 6.04. The monoisotopic (exact) mass is 867 g/mol. The molecule has 1 heteroatoms. The molecule has 322 valence electrons. The largest absolute Gasteiger partial charge is 0.310 e. The molecule has 0 saturated carbocycles. The van der Waals surface area contributed by atoms with Crippen LogP contribution in [-0.2, 0) is 16.2 Å². The summed E-state index contributed by atoms with van der Waals surface area (Å²) in [5.74, 6) is 0. The highest BCUT2D eigenvalue weighted by Gasteiger charge is 2.53. The molecule has 14 rings (SSSR count). The molecule has 0 radical (unpaired) electrons. The number of hydrogen-bond donors (Lipinski definition) is 0. The van der Waals surface area contributed by atoms with Crippen molar-refractivity contribution in [3.8, 4) is 66.8 Å². The van der Waals surface area contributed by atoms with Crippen molar-refractivity contribution in [1.29, 1.82) is 0 Å². The van der Waals surface area contributed by atoms with E-state index in [0.717, 1.165) is 11.4 Å². The lowest BCUT2D eigenvalue weighted by Crippen LogP contribution is -2.26. The maximum atomic E-state index is 2.58. The molecule has 0 saturated heterocycles. The second-order valence-electron chi connectivity index (χ2n) is 20.4. The van der Waals surface area contributed by atoms with Crippen LogP contribution in [0.5, 0.6) is 0 Å². The van der Waals surface area contributed by atoms with Gasteiger partial charge in [-0.3, -0.25) is 0 Å². The van der Waals surface area contributed by atoms with Gasteiger partial charge < -0.3 is 4.90 Å². The zero-order valence-corrected chi connectivity index (χ0v) is 38.8. The molecule has 1 unspecified atom stereocenters. The zero-order chi connectivity index (χ0) is 45.5. The Hall–Kier alpha value is -8.00. The maximum Gasteiger partial charge on any atom is 0.0726 e. The second kappa shape index (κ2) is 14.0. The SMILES string of the molecule is CC1(C)c2ccccc2-c2ccc(N(c3ccc4c(c3)C(C)(C)c3ccccc3-4)c3cccc4c3-c3ccccc3C43c4ccccc4-c4c(-c5cccc(-c6ccccc6)c5)cccc43)cc21.